The summed E-state index contributed by atoms with van der Waals surface area (Å²) in [5.74, 6) is -1.42. The van der Waals surface area contributed by atoms with Crippen molar-refractivity contribution in [3.05, 3.63) is 88.0 Å². The van der Waals surface area contributed by atoms with Crippen LogP contribution in [-0.2, 0) is 4.79 Å². The van der Waals surface area contributed by atoms with Crippen molar-refractivity contribution in [3.8, 4) is 10.4 Å². The third-order valence-electron chi connectivity index (χ3n) is 5.88. The summed E-state index contributed by atoms with van der Waals surface area (Å²) >= 11 is 2.79. The van der Waals surface area contributed by atoms with E-state index >= 15 is 0 Å². The van der Waals surface area contributed by atoms with E-state index in [0.29, 0.717) is 17.2 Å². The van der Waals surface area contributed by atoms with E-state index in [9.17, 15) is 14.0 Å². The number of amides is 2. The van der Waals surface area contributed by atoms with Crippen LogP contribution in [-0.4, -0.2) is 40.5 Å². The molecule has 0 saturated heterocycles. The van der Waals surface area contributed by atoms with Crippen LogP contribution in [0.1, 0.15) is 40.6 Å². The topological polar surface area (TPSA) is 75.2 Å². The first-order valence-electron chi connectivity index (χ1n) is 11.2. The fourth-order valence-electron chi connectivity index (χ4n) is 3.81. The standard InChI is InChI=1S/C26H25FN4O2S2/c1-4-31(3)25(33)18-10-8-17(9-11-18)21-12-13-22(35-21)23(19-6-5-7-20(27)14-19)16(2)24(32)29-26-30-28-15-34-26/h5-16,23H,4H2,1-3H3,(H,29,30,32)/t16-,23-/m1/s1. The van der Waals surface area contributed by atoms with Crippen LogP contribution in [0.4, 0.5) is 9.52 Å². The molecule has 0 radical (unpaired) electrons. The summed E-state index contributed by atoms with van der Waals surface area (Å²) in [6.45, 7) is 4.40. The largest absolute Gasteiger partial charge is 0.342 e. The zero-order chi connectivity index (χ0) is 24.9. The lowest BCUT2D eigenvalue weighted by Gasteiger charge is -2.22. The van der Waals surface area contributed by atoms with Gasteiger partial charge in [0.15, 0.2) is 0 Å². The van der Waals surface area contributed by atoms with Crippen molar-refractivity contribution >= 4 is 39.6 Å². The quantitative estimate of drug-likeness (QED) is 0.321. The first-order valence-corrected chi connectivity index (χ1v) is 12.8. The minimum Gasteiger partial charge on any atom is -0.342 e. The van der Waals surface area contributed by atoms with Gasteiger partial charge in [0.2, 0.25) is 11.0 Å². The van der Waals surface area contributed by atoms with Gasteiger partial charge in [-0.2, -0.15) is 0 Å². The molecule has 180 valence electrons. The molecule has 2 amide bonds. The molecule has 0 bridgehead atoms. The third-order valence-corrected chi connectivity index (χ3v) is 7.71. The van der Waals surface area contributed by atoms with E-state index in [1.54, 1.807) is 34.9 Å². The summed E-state index contributed by atoms with van der Waals surface area (Å²) < 4.78 is 14.1. The lowest BCUT2D eigenvalue weighted by molar-refractivity contribution is -0.119. The maximum Gasteiger partial charge on any atom is 0.253 e. The second-order valence-corrected chi connectivity index (χ2v) is 10.1. The van der Waals surface area contributed by atoms with Gasteiger partial charge in [0.1, 0.15) is 11.3 Å². The molecular formula is C26H25FN4O2S2. The highest BCUT2D eigenvalue weighted by atomic mass is 32.1. The molecule has 9 heteroatoms. The Kier molecular flexibility index (Phi) is 7.67. The van der Waals surface area contributed by atoms with E-state index in [0.717, 1.165) is 20.9 Å². The summed E-state index contributed by atoms with van der Waals surface area (Å²) in [5, 5.41) is 10.9. The van der Waals surface area contributed by atoms with E-state index in [1.165, 1.54) is 23.5 Å². The molecule has 2 atom stereocenters. The summed E-state index contributed by atoms with van der Waals surface area (Å²) in [7, 11) is 1.77. The van der Waals surface area contributed by atoms with Crippen molar-refractivity contribution in [2.45, 2.75) is 19.8 Å². The van der Waals surface area contributed by atoms with Gasteiger partial charge in [-0.15, -0.1) is 21.5 Å². The molecule has 0 fully saturated rings. The van der Waals surface area contributed by atoms with Crippen LogP contribution in [0.15, 0.2) is 66.2 Å². The number of nitrogens with zero attached hydrogens (tertiary/aromatic N) is 3. The first kappa shape index (κ1) is 24.7. The van der Waals surface area contributed by atoms with Crippen molar-refractivity contribution < 1.29 is 14.0 Å². The molecular weight excluding hydrogens is 483 g/mol. The van der Waals surface area contributed by atoms with Crippen molar-refractivity contribution in [3.63, 3.8) is 0 Å². The molecule has 4 rings (SSSR count). The number of aromatic nitrogens is 2. The lowest BCUT2D eigenvalue weighted by Crippen LogP contribution is -2.26. The van der Waals surface area contributed by atoms with Crippen molar-refractivity contribution in [2.24, 2.45) is 5.92 Å². The monoisotopic (exact) mass is 508 g/mol. The number of rotatable bonds is 8. The van der Waals surface area contributed by atoms with Crippen LogP contribution in [0, 0.1) is 11.7 Å². The number of benzene rings is 2. The summed E-state index contributed by atoms with van der Waals surface area (Å²) in [4.78, 5) is 29.1. The number of nitrogens with one attached hydrogen (secondary N) is 1. The molecule has 6 nitrogen and oxygen atoms in total. The van der Waals surface area contributed by atoms with Gasteiger partial charge in [0, 0.05) is 40.7 Å². The third kappa shape index (κ3) is 5.63. The van der Waals surface area contributed by atoms with E-state index in [4.69, 9.17) is 0 Å². The minimum atomic E-state index is -0.489. The molecule has 1 N–H and O–H groups in total. The average Bonchev–Trinajstić information content (AvgIpc) is 3.56. The van der Waals surface area contributed by atoms with E-state index in [-0.39, 0.29) is 23.5 Å². The molecule has 2 aromatic heterocycles. The fraction of sp³-hybridized carbons (Fsp3) is 0.231. The normalized spacial score (nSPS) is 12.7. The predicted molar refractivity (Wildman–Crippen MR) is 138 cm³/mol. The first-order chi connectivity index (χ1) is 16.9. The maximum absolute atomic E-state index is 14.1. The molecule has 0 aliphatic carbocycles. The number of carbonyl (C=O) groups excluding carboxylic acids is 2. The van der Waals surface area contributed by atoms with Crippen LogP contribution in [0.3, 0.4) is 0 Å². The number of halogens is 1. The predicted octanol–water partition coefficient (Wildman–Crippen LogP) is 5.90. The van der Waals surface area contributed by atoms with Gasteiger partial charge < -0.3 is 10.2 Å². The highest BCUT2D eigenvalue weighted by Crippen LogP contribution is 2.40. The van der Waals surface area contributed by atoms with Crippen LogP contribution >= 0.6 is 22.7 Å². The lowest BCUT2D eigenvalue weighted by atomic mass is 9.85. The molecule has 0 aliphatic heterocycles. The second kappa shape index (κ2) is 10.9. The molecule has 2 heterocycles. The minimum absolute atomic E-state index is 0.0210. The highest BCUT2D eigenvalue weighted by molar-refractivity contribution is 7.15. The second-order valence-electron chi connectivity index (χ2n) is 8.15. The van der Waals surface area contributed by atoms with E-state index in [2.05, 4.69) is 15.5 Å². The van der Waals surface area contributed by atoms with Gasteiger partial charge in [0.25, 0.3) is 5.91 Å². The molecule has 35 heavy (non-hydrogen) atoms. The van der Waals surface area contributed by atoms with Crippen LogP contribution < -0.4 is 5.32 Å². The van der Waals surface area contributed by atoms with Crippen molar-refractivity contribution in [1.82, 2.24) is 15.1 Å². The smallest absolute Gasteiger partial charge is 0.253 e. The van der Waals surface area contributed by atoms with Crippen LogP contribution in [0.2, 0.25) is 0 Å². The Labute approximate surface area is 211 Å². The molecule has 2 aromatic carbocycles. The summed E-state index contributed by atoms with van der Waals surface area (Å²) in [6.07, 6.45) is 0. The Morgan fingerprint density at radius 1 is 1.11 bits per heavy atom. The number of hydrogen-bond acceptors (Lipinski definition) is 6. The highest BCUT2D eigenvalue weighted by Gasteiger charge is 2.29. The Hall–Kier alpha value is -3.43. The van der Waals surface area contributed by atoms with Gasteiger partial charge in [0.05, 0.1) is 0 Å². The van der Waals surface area contributed by atoms with E-state index < -0.39 is 5.92 Å². The van der Waals surface area contributed by atoms with Gasteiger partial charge >= 0.3 is 0 Å². The van der Waals surface area contributed by atoms with Gasteiger partial charge in [-0.25, -0.2) is 4.39 Å². The number of anilines is 1. The molecule has 0 aliphatic rings. The van der Waals surface area contributed by atoms with E-state index in [1.807, 2.05) is 56.3 Å². The SMILES string of the molecule is CCN(C)C(=O)c1ccc(-c2ccc([C@@H](c3cccc(F)c3)[C@@H](C)C(=O)Nc3nncs3)s2)cc1. The molecule has 4 aromatic rings. The zero-order valence-electron chi connectivity index (χ0n) is 19.6. The maximum atomic E-state index is 14.1. The van der Waals surface area contributed by atoms with Crippen LogP contribution in [0.25, 0.3) is 10.4 Å². The van der Waals surface area contributed by atoms with Gasteiger partial charge in [-0.1, -0.05) is 42.5 Å². The Morgan fingerprint density at radius 2 is 1.89 bits per heavy atom. The molecule has 0 spiro atoms. The fourth-order valence-corrected chi connectivity index (χ4v) is 5.51. The summed E-state index contributed by atoms with van der Waals surface area (Å²) in [5.41, 5.74) is 3.88. The Bertz CT molecular complexity index is 1310. The number of thiophene rings is 1. The molecule has 0 unspecified atom stereocenters. The average molecular weight is 509 g/mol. The van der Waals surface area contributed by atoms with Crippen LogP contribution in [0.5, 0.6) is 0 Å². The van der Waals surface area contributed by atoms with Gasteiger partial charge in [-0.3, -0.25) is 9.59 Å². The number of carbonyl (C=O) groups is 2. The van der Waals surface area contributed by atoms with Crippen molar-refractivity contribution in [2.75, 3.05) is 18.9 Å². The summed E-state index contributed by atoms with van der Waals surface area (Å²) in [6, 6.07) is 17.8. The van der Waals surface area contributed by atoms with Gasteiger partial charge in [-0.05, 0) is 54.4 Å². The number of hydrogen-bond donors (Lipinski definition) is 1. The van der Waals surface area contributed by atoms with Crippen molar-refractivity contribution in [1.29, 1.82) is 0 Å². The zero-order valence-corrected chi connectivity index (χ0v) is 21.2. The Balaban J connectivity index is 1.63. The molecule has 0 saturated carbocycles. The Morgan fingerprint density at radius 3 is 2.54 bits per heavy atom.